The number of benzene rings is 1. The molecule has 0 unspecified atom stereocenters. The van der Waals surface area contributed by atoms with Gasteiger partial charge in [-0.05, 0) is 37.1 Å². The molecule has 2 aromatic heterocycles. The van der Waals surface area contributed by atoms with Crippen LogP contribution < -0.4 is 10.1 Å². The maximum absolute atomic E-state index is 5.78. The van der Waals surface area contributed by atoms with E-state index in [1.807, 2.05) is 40.8 Å². The fourth-order valence-corrected chi connectivity index (χ4v) is 2.59. The van der Waals surface area contributed by atoms with Gasteiger partial charge in [-0.2, -0.15) is 5.10 Å². The largest absolute Gasteiger partial charge is 0.486 e. The Morgan fingerprint density at radius 3 is 2.68 bits per heavy atom. The third-order valence-corrected chi connectivity index (χ3v) is 4.09. The molecule has 1 aromatic carbocycles. The van der Waals surface area contributed by atoms with E-state index in [1.165, 1.54) is 11.1 Å². The summed E-state index contributed by atoms with van der Waals surface area (Å²) in [6.07, 6.45) is 7.64. The highest BCUT2D eigenvalue weighted by molar-refractivity contribution is 5.27. The second kappa shape index (κ2) is 7.98. The topological polar surface area (TPSA) is 56.9 Å². The highest BCUT2D eigenvalue weighted by atomic mass is 16.5. The molecule has 0 aliphatic rings. The van der Waals surface area contributed by atoms with Gasteiger partial charge in [-0.3, -0.25) is 4.68 Å². The van der Waals surface area contributed by atoms with E-state index < -0.39 is 0 Å². The molecule has 0 spiro atoms. The standard InChI is InChI=1S/C19H25N5O/c1-15-10-22-24(12-15)13-16(2)21-11-17-4-6-18(7-5-17)25-14-19-20-8-9-23(19)3/h4-10,12,16,21H,11,13-14H2,1-3H3/t16-/m1/s1. The quantitative estimate of drug-likeness (QED) is 0.685. The van der Waals surface area contributed by atoms with Crippen molar-refractivity contribution in [1.82, 2.24) is 24.6 Å². The predicted octanol–water partition coefficient (Wildman–Crippen LogP) is 2.68. The van der Waals surface area contributed by atoms with E-state index in [9.17, 15) is 0 Å². The van der Waals surface area contributed by atoms with Gasteiger partial charge in [-0.15, -0.1) is 0 Å². The van der Waals surface area contributed by atoms with Crippen LogP contribution in [-0.2, 0) is 26.7 Å². The van der Waals surface area contributed by atoms with Crippen LogP contribution in [0.3, 0.4) is 0 Å². The van der Waals surface area contributed by atoms with Gasteiger partial charge in [-0.25, -0.2) is 4.98 Å². The summed E-state index contributed by atoms with van der Waals surface area (Å²) in [4.78, 5) is 4.25. The molecule has 0 aliphatic carbocycles. The Bertz CT molecular complexity index is 790. The van der Waals surface area contributed by atoms with Crippen LogP contribution in [0.5, 0.6) is 5.75 Å². The lowest BCUT2D eigenvalue weighted by atomic mass is 10.2. The Morgan fingerprint density at radius 1 is 1.24 bits per heavy atom. The number of nitrogens with zero attached hydrogens (tertiary/aromatic N) is 4. The average Bonchev–Trinajstić information content (AvgIpc) is 3.20. The number of imidazole rings is 1. The number of aromatic nitrogens is 4. The van der Waals surface area contributed by atoms with Crippen molar-refractivity contribution in [2.24, 2.45) is 7.05 Å². The van der Waals surface area contributed by atoms with Gasteiger partial charge >= 0.3 is 0 Å². The first-order chi connectivity index (χ1) is 12.1. The number of ether oxygens (including phenoxy) is 1. The zero-order chi connectivity index (χ0) is 17.6. The monoisotopic (exact) mass is 339 g/mol. The summed E-state index contributed by atoms with van der Waals surface area (Å²) in [6, 6.07) is 8.53. The number of aryl methyl sites for hydroxylation is 2. The molecular formula is C19H25N5O. The molecule has 132 valence electrons. The van der Waals surface area contributed by atoms with Crippen LogP contribution in [0.15, 0.2) is 49.1 Å². The molecular weight excluding hydrogens is 314 g/mol. The summed E-state index contributed by atoms with van der Waals surface area (Å²) in [6.45, 7) is 6.38. The smallest absolute Gasteiger partial charge is 0.146 e. The SMILES string of the molecule is Cc1cnn(C[C@@H](C)NCc2ccc(OCc3nccn3C)cc2)c1. The highest BCUT2D eigenvalue weighted by Crippen LogP contribution is 2.14. The van der Waals surface area contributed by atoms with Crippen LogP contribution >= 0.6 is 0 Å². The van der Waals surface area contributed by atoms with Gasteiger partial charge in [0.15, 0.2) is 0 Å². The Labute approximate surface area is 148 Å². The van der Waals surface area contributed by atoms with Crippen molar-refractivity contribution in [2.45, 2.75) is 39.6 Å². The summed E-state index contributed by atoms with van der Waals surface area (Å²) in [5.74, 6) is 1.76. The minimum atomic E-state index is 0.346. The lowest BCUT2D eigenvalue weighted by molar-refractivity contribution is 0.291. The zero-order valence-corrected chi connectivity index (χ0v) is 15.0. The van der Waals surface area contributed by atoms with E-state index in [0.29, 0.717) is 12.6 Å². The van der Waals surface area contributed by atoms with Gasteiger partial charge in [0.2, 0.25) is 0 Å². The number of hydrogen-bond acceptors (Lipinski definition) is 4. The molecule has 0 amide bonds. The van der Waals surface area contributed by atoms with E-state index in [-0.39, 0.29) is 0 Å². The van der Waals surface area contributed by atoms with Crippen molar-refractivity contribution in [3.05, 3.63) is 66.0 Å². The normalized spacial score (nSPS) is 12.3. The summed E-state index contributed by atoms with van der Waals surface area (Å²) in [5.41, 5.74) is 2.42. The highest BCUT2D eigenvalue weighted by Gasteiger charge is 2.05. The van der Waals surface area contributed by atoms with Crippen molar-refractivity contribution in [3.63, 3.8) is 0 Å². The molecule has 25 heavy (non-hydrogen) atoms. The number of nitrogens with one attached hydrogen (secondary N) is 1. The molecule has 3 aromatic rings. The fourth-order valence-electron chi connectivity index (χ4n) is 2.59. The maximum Gasteiger partial charge on any atom is 0.146 e. The molecule has 6 heteroatoms. The van der Waals surface area contributed by atoms with Gasteiger partial charge in [-0.1, -0.05) is 12.1 Å². The van der Waals surface area contributed by atoms with Crippen LogP contribution in [0, 0.1) is 6.92 Å². The zero-order valence-electron chi connectivity index (χ0n) is 15.0. The molecule has 6 nitrogen and oxygen atoms in total. The van der Waals surface area contributed by atoms with Crippen molar-refractivity contribution in [3.8, 4) is 5.75 Å². The lowest BCUT2D eigenvalue weighted by Crippen LogP contribution is -2.30. The molecule has 3 rings (SSSR count). The molecule has 0 radical (unpaired) electrons. The molecule has 0 aliphatic heterocycles. The van der Waals surface area contributed by atoms with Crippen LogP contribution in [0.4, 0.5) is 0 Å². The average molecular weight is 339 g/mol. The summed E-state index contributed by atoms with van der Waals surface area (Å²) in [7, 11) is 1.96. The summed E-state index contributed by atoms with van der Waals surface area (Å²) in [5, 5.41) is 7.85. The maximum atomic E-state index is 5.78. The molecule has 0 bridgehead atoms. The van der Waals surface area contributed by atoms with Gasteiger partial charge in [0.1, 0.15) is 18.2 Å². The third-order valence-electron chi connectivity index (χ3n) is 4.09. The Morgan fingerprint density at radius 2 is 2.04 bits per heavy atom. The first-order valence-electron chi connectivity index (χ1n) is 8.50. The molecule has 2 heterocycles. The first kappa shape index (κ1) is 17.2. The molecule has 0 saturated carbocycles. The summed E-state index contributed by atoms with van der Waals surface area (Å²) >= 11 is 0. The van der Waals surface area contributed by atoms with Gasteiger partial charge in [0.05, 0.1) is 12.7 Å². The van der Waals surface area contributed by atoms with E-state index >= 15 is 0 Å². The minimum Gasteiger partial charge on any atom is -0.486 e. The fraction of sp³-hybridized carbons (Fsp3) is 0.368. The second-order valence-corrected chi connectivity index (χ2v) is 6.41. The van der Waals surface area contributed by atoms with Crippen LogP contribution in [0.1, 0.15) is 23.9 Å². The molecule has 1 atom stereocenters. The van der Waals surface area contributed by atoms with Gasteiger partial charge in [0.25, 0.3) is 0 Å². The second-order valence-electron chi connectivity index (χ2n) is 6.41. The van der Waals surface area contributed by atoms with E-state index in [1.54, 1.807) is 6.20 Å². The summed E-state index contributed by atoms with van der Waals surface area (Å²) < 4.78 is 9.71. The molecule has 1 N–H and O–H groups in total. The van der Waals surface area contributed by atoms with Crippen LogP contribution in [0.2, 0.25) is 0 Å². The van der Waals surface area contributed by atoms with Crippen LogP contribution in [0.25, 0.3) is 0 Å². The van der Waals surface area contributed by atoms with Crippen LogP contribution in [-0.4, -0.2) is 25.4 Å². The number of rotatable bonds is 8. The van der Waals surface area contributed by atoms with E-state index in [4.69, 9.17) is 4.74 Å². The predicted molar refractivity (Wildman–Crippen MR) is 97.2 cm³/mol. The van der Waals surface area contributed by atoms with Crippen molar-refractivity contribution < 1.29 is 4.74 Å². The Balaban J connectivity index is 1.45. The van der Waals surface area contributed by atoms with E-state index in [2.05, 4.69) is 47.6 Å². The molecule has 0 fully saturated rings. The van der Waals surface area contributed by atoms with Gasteiger partial charge < -0.3 is 14.6 Å². The van der Waals surface area contributed by atoms with Crippen molar-refractivity contribution >= 4 is 0 Å². The molecule has 0 saturated heterocycles. The first-order valence-corrected chi connectivity index (χ1v) is 8.50. The third kappa shape index (κ3) is 4.93. The van der Waals surface area contributed by atoms with Crippen molar-refractivity contribution in [2.75, 3.05) is 0 Å². The lowest BCUT2D eigenvalue weighted by Gasteiger charge is -2.14. The Hall–Kier alpha value is -2.60. The van der Waals surface area contributed by atoms with Gasteiger partial charge in [0, 0.05) is 38.2 Å². The van der Waals surface area contributed by atoms with E-state index in [0.717, 1.165) is 24.7 Å². The minimum absolute atomic E-state index is 0.346. The Kier molecular flexibility index (Phi) is 5.50. The number of hydrogen-bond donors (Lipinski definition) is 1. The van der Waals surface area contributed by atoms with Crippen molar-refractivity contribution in [1.29, 1.82) is 0 Å².